The number of aliphatic hydroxyl groups excluding tert-OH is 2. The molecule has 0 heterocycles. The Bertz CT molecular complexity index is 927. The van der Waals surface area contributed by atoms with Crippen molar-refractivity contribution < 1.29 is 32.0 Å². The number of nitrogens with zero attached hydrogens (tertiary/aromatic N) is 3. The van der Waals surface area contributed by atoms with Gasteiger partial charge in [0.15, 0.2) is 0 Å². The molecule has 220 valence electrons. The highest BCUT2D eigenvalue weighted by Crippen LogP contribution is 2.29. The Morgan fingerprint density at radius 2 is 1.46 bits per heavy atom. The fraction of sp³-hybridized carbons (Fsp3) is 0.594. The van der Waals surface area contributed by atoms with E-state index in [2.05, 4.69) is 56.0 Å². The predicted octanol–water partition coefficient (Wildman–Crippen LogP) is 2.26. The zero-order valence-electron chi connectivity index (χ0n) is 24.9. The number of quaternary nitrogens is 1. The molecule has 0 radical (unpaired) electrons. The van der Waals surface area contributed by atoms with Crippen molar-refractivity contribution in [3.63, 3.8) is 0 Å². The number of anilines is 1. The molecule has 2 aromatic rings. The van der Waals surface area contributed by atoms with Crippen molar-refractivity contribution in [3.8, 4) is 0 Å². The largest absolute Gasteiger partial charge is 1.00 e. The van der Waals surface area contributed by atoms with Crippen molar-refractivity contribution >= 4 is 11.6 Å². The lowest BCUT2D eigenvalue weighted by Gasteiger charge is -2.47. The van der Waals surface area contributed by atoms with Crippen molar-refractivity contribution in [3.05, 3.63) is 66.2 Å². The van der Waals surface area contributed by atoms with Crippen molar-refractivity contribution in [2.24, 2.45) is 5.92 Å². The number of unbranched alkanes of at least 4 members (excludes halogenated alkanes) is 2. The van der Waals surface area contributed by atoms with Gasteiger partial charge in [0, 0.05) is 18.8 Å². The summed E-state index contributed by atoms with van der Waals surface area (Å²) in [5.41, 5.74) is 1.49. The summed E-state index contributed by atoms with van der Waals surface area (Å²) in [5.74, 6) is 0.648. The van der Waals surface area contributed by atoms with Crippen molar-refractivity contribution in [2.45, 2.75) is 65.7 Å². The minimum atomic E-state index is -0.739. The minimum Gasteiger partial charge on any atom is -1.00 e. The van der Waals surface area contributed by atoms with E-state index in [0.717, 1.165) is 50.9 Å². The third-order valence-electron chi connectivity index (χ3n) is 7.79. The maximum atomic E-state index is 14.0. The van der Waals surface area contributed by atoms with Crippen LogP contribution in [0.4, 0.5) is 5.69 Å². The summed E-state index contributed by atoms with van der Waals surface area (Å²) in [4.78, 5) is 16.5. The summed E-state index contributed by atoms with van der Waals surface area (Å²) in [5, 5.41) is 21.8. The van der Waals surface area contributed by atoms with Crippen LogP contribution in [0.1, 0.15) is 65.9 Å². The maximum absolute atomic E-state index is 14.0. The molecule has 0 fully saturated rings. The Balaban J connectivity index is 0.00000760. The summed E-state index contributed by atoms with van der Waals surface area (Å²) >= 11 is 0. The Morgan fingerprint density at radius 1 is 0.846 bits per heavy atom. The van der Waals surface area contributed by atoms with E-state index in [1.165, 1.54) is 5.69 Å². The van der Waals surface area contributed by atoms with Crippen LogP contribution in [0.3, 0.4) is 0 Å². The molecule has 0 bridgehead atoms. The third-order valence-corrected chi connectivity index (χ3v) is 7.79. The molecule has 0 aliphatic heterocycles. The standard InChI is InChI=1S/C32H52N3O3.ClH/c1-6-35(25-27-37,34(23-26-36)31(38)32(4,5)29-16-10-7-11-17-29)24-15-9-14-21-33(22-20-28(2)3)30-18-12-8-13-19-30;/h7-8,10-13,16-19,28,36-37H,6,9,14-15,20-27H2,1-5H3;1H/q+1;/p-1. The zero-order valence-corrected chi connectivity index (χ0v) is 25.6. The van der Waals surface area contributed by atoms with Gasteiger partial charge < -0.3 is 27.5 Å². The molecule has 1 unspecified atom stereocenters. The van der Waals surface area contributed by atoms with E-state index >= 15 is 0 Å². The lowest BCUT2D eigenvalue weighted by Crippen LogP contribution is -3.00. The van der Waals surface area contributed by atoms with Crippen LogP contribution in [-0.2, 0) is 10.2 Å². The molecule has 39 heavy (non-hydrogen) atoms. The molecular weight excluding hydrogens is 510 g/mol. The first-order valence-corrected chi connectivity index (χ1v) is 14.5. The highest BCUT2D eigenvalue weighted by molar-refractivity contribution is 5.86. The molecule has 0 saturated heterocycles. The van der Waals surface area contributed by atoms with Gasteiger partial charge in [-0.15, -0.1) is 0 Å². The molecule has 7 heteroatoms. The van der Waals surface area contributed by atoms with Gasteiger partial charge in [0.05, 0.1) is 31.7 Å². The highest BCUT2D eigenvalue weighted by Gasteiger charge is 2.43. The van der Waals surface area contributed by atoms with Crippen LogP contribution in [0.15, 0.2) is 60.7 Å². The molecule has 2 N–H and O–H groups in total. The van der Waals surface area contributed by atoms with Gasteiger partial charge >= 0.3 is 0 Å². The maximum Gasteiger partial charge on any atom is 0.277 e. The topological polar surface area (TPSA) is 64.0 Å². The van der Waals surface area contributed by atoms with Crippen LogP contribution >= 0.6 is 0 Å². The average molecular weight is 562 g/mol. The average Bonchev–Trinajstić information content (AvgIpc) is 2.93. The summed E-state index contributed by atoms with van der Waals surface area (Å²) < 4.78 is 0.363. The normalized spacial score (nSPS) is 13.0. The molecule has 6 nitrogen and oxygen atoms in total. The number of para-hydroxylation sites is 1. The van der Waals surface area contributed by atoms with E-state index in [1.807, 2.05) is 49.2 Å². The lowest BCUT2D eigenvalue weighted by atomic mass is 9.83. The number of benzene rings is 2. The second kappa shape index (κ2) is 17.5. The first-order chi connectivity index (χ1) is 18.2. The molecule has 0 spiro atoms. The number of halogens is 1. The second-order valence-electron chi connectivity index (χ2n) is 11.3. The zero-order chi connectivity index (χ0) is 28.0. The Labute approximate surface area is 243 Å². The number of carbonyl (C=O) groups excluding carboxylic acids is 1. The van der Waals surface area contributed by atoms with Gasteiger partial charge in [-0.05, 0) is 70.1 Å². The van der Waals surface area contributed by atoms with Gasteiger partial charge in [-0.3, -0.25) is 4.79 Å². The highest BCUT2D eigenvalue weighted by atomic mass is 35.5. The molecule has 2 rings (SSSR count). The second-order valence-corrected chi connectivity index (χ2v) is 11.3. The van der Waals surface area contributed by atoms with E-state index in [0.29, 0.717) is 23.6 Å². The fourth-order valence-electron chi connectivity index (χ4n) is 5.24. The van der Waals surface area contributed by atoms with E-state index in [1.54, 1.807) is 0 Å². The van der Waals surface area contributed by atoms with Crippen molar-refractivity contribution in [2.75, 3.05) is 57.4 Å². The predicted molar refractivity (Wildman–Crippen MR) is 158 cm³/mol. The molecular formula is C32H52ClN3O3. The molecule has 0 aliphatic carbocycles. The van der Waals surface area contributed by atoms with Gasteiger partial charge in [0.25, 0.3) is 5.91 Å². The number of hydrogen-bond donors (Lipinski definition) is 2. The lowest BCUT2D eigenvalue weighted by molar-refractivity contribution is -1.02. The van der Waals surface area contributed by atoms with Crippen molar-refractivity contribution in [1.29, 1.82) is 0 Å². The third kappa shape index (κ3) is 10.1. The van der Waals surface area contributed by atoms with E-state index < -0.39 is 5.41 Å². The minimum absolute atomic E-state index is 0. The van der Waals surface area contributed by atoms with E-state index in [4.69, 9.17) is 0 Å². The van der Waals surface area contributed by atoms with Gasteiger partial charge in [-0.1, -0.05) is 62.4 Å². The Morgan fingerprint density at radius 3 is 2.00 bits per heavy atom. The van der Waals surface area contributed by atoms with Crippen LogP contribution < -0.4 is 17.3 Å². The number of hydrogen-bond acceptors (Lipinski definition) is 4. The van der Waals surface area contributed by atoms with Gasteiger partial charge in [-0.2, -0.15) is 5.01 Å². The van der Waals surface area contributed by atoms with Crippen LogP contribution in [0.25, 0.3) is 0 Å². The quantitative estimate of drug-likeness (QED) is 0.166. The molecule has 1 amide bonds. The number of aliphatic hydroxyl groups is 2. The smallest absolute Gasteiger partial charge is 0.277 e. The monoisotopic (exact) mass is 561 g/mol. The van der Waals surface area contributed by atoms with Crippen LogP contribution in [-0.4, -0.2) is 78.2 Å². The first-order valence-electron chi connectivity index (χ1n) is 14.5. The van der Waals surface area contributed by atoms with Crippen LogP contribution in [0.5, 0.6) is 0 Å². The summed E-state index contributed by atoms with van der Waals surface area (Å²) in [7, 11) is 0. The number of amides is 1. The van der Waals surface area contributed by atoms with Crippen molar-refractivity contribution in [1.82, 2.24) is 5.01 Å². The number of rotatable bonds is 18. The fourth-order valence-corrected chi connectivity index (χ4v) is 5.24. The molecule has 0 aliphatic rings. The first kappa shape index (κ1) is 34.9. The van der Waals surface area contributed by atoms with E-state index in [9.17, 15) is 15.0 Å². The van der Waals surface area contributed by atoms with Gasteiger partial charge in [0.2, 0.25) is 0 Å². The molecule has 0 aromatic heterocycles. The number of likely N-dealkylation sites (N-methyl/N-ethyl adjacent to an activating group) is 1. The summed E-state index contributed by atoms with van der Waals surface area (Å²) in [6, 6.07) is 20.5. The molecule has 0 saturated carbocycles. The molecule has 2 aromatic carbocycles. The Hall–Kier alpha value is -2.12. The van der Waals surface area contributed by atoms with Gasteiger partial charge in [-0.25, -0.2) is 4.59 Å². The Kier molecular flexibility index (Phi) is 15.7. The SMILES string of the molecule is CC[N+](CCO)(CCCCCN(CCC(C)C)c1ccccc1)N(CCO)C(=O)C(C)(C)c1ccccc1.[Cl-]. The van der Waals surface area contributed by atoms with Crippen LogP contribution in [0, 0.1) is 5.92 Å². The van der Waals surface area contributed by atoms with Crippen LogP contribution in [0.2, 0.25) is 0 Å². The molecule has 1 atom stereocenters. The summed E-state index contributed by atoms with van der Waals surface area (Å²) in [6.45, 7) is 14.6. The van der Waals surface area contributed by atoms with E-state index in [-0.39, 0.29) is 38.1 Å². The van der Waals surface area contributed by atoms with Gasteiger partial charge in [0.1, 0.15) is 13.1 Å². The number of carbonyl (C=O) groups is 1. The summed E-state index contributed by atoms with van der Waals surface area (Å²) in [6.07, 6.45) is 4.22.